The van der Waals surface area contributed by atoms with E-state index in [0.717, 1.165) is 25.9 Å². The third-order valence-electron chi connectivity index (χ3n) is 4.97. The van der Waals surface area contributed by atoms with Crippen LogP contribution in [-0.4, -0.2) is 29.9 Å². The molecule has 2 N–H and O–H groups in total. The number of hydrogen-bond donors (Lipinski definition) is 1. The molecule has 2 rings (SSSR count). The average Bonchev–Trinajstić information content (AvgIpc) is 2.40. The summed E-state index contributed by atoms with van der Waals surface area (Å²) < 4.78 is 0. The van der Waals surface area contributed by atoms with Crippen LogP contribution in [0.4, 0.5) is 0 Å². The van der Waals surface area contributed by atoms with Gasteiger partial charge in [0.15, 0.2) is 0 Å². The summed E-state index contributed by atoms with van der Waals surface area (Å²) in [6.45, 7) is 3.97. The smallest absolute Gasteiger partial charge is 0.239 e. The largest absolute Gasteiger partial charge is 0.341 e. The Morgan fingerprint density at radius 1 is 1.17 bits per heavy atom. The van der Waals surface area contributed by atoms with E-state index in [1.165, 1.54) is 44.9 Å². The molecule has 1 aliphatic carbocycles. The van der Waals surface area contributed by atoms with E-state index < -0.39 is 0 Å². The zero-order valence-electron chi connectivity index (χ0n) is 11.8. The van der Waals surface area contributed by atoms with Crippen LogP contribution in [0.5, 0.6) is 0 Å². The molecule has 0 unspecified atom stereocenters. The van der Waals surface area contributed by atoms with E-state index in [1.54, 1.807) is 0 Å². The van der Waals surface area contributed by atoms with E-state index in [0.29, 0.717) is 5.41 Å². The van der Waals surface area contributed by atoms with E-state index in [1.807, 2.05) is 4.90 Å². The van der Waals surface area contributed by atoms with Crippen molar-refractivity contribution in [2.45, 2.75) is 70.8 Å². The van der Waals surface area contributed by atoms with Gasteiger partial charge in [0, 0.05) is 13.1 Å². The molecule has 1 aliphatic heterocycles. The number of nitrogens with two attached hydrogens (primary N) is 1. The van der Waals surface area contributed by atoms with Gasteiger partial charge in [-0.25, -0.2) is 0 Å². The van der Waals surface area contributed by atoms with Crippen LogP contribution >= 0.6 is 0 Å². The van der Waals surface area contributed by atoms with Gasteiger partial charge in [0.1, 0.15) is 0 Å². The van der Waals surface area contributed by atoms with Gasteiger partial charge in [0.05, 0.1) is 6.04 Å². The van der Waals surface area contributed by atoms with Crippen molar-refractivity contribution in [3.63, 3.8) is 0 Å². The van der Waals surface area contributed by atoms with Crippen LogP contribution in [0.25, 0.3) is 0 Å². The van der Waals surface area contributed by atoms with Gasteiger partial charge >= 0.3 is 0 Å². The summed E-state index contributed by atoms with van der Waals surface area (Å²) in [4.78, 5) is 14.2. The van der Waals surface area contributed by atoms with Crippen molar-refractivity contribution in [3.05, 3.63) is 0 Å². The lowest BCUT2D eigenvalue weighted by molar-refractivity contribution is -0.135. The number of likely N-dealkylation sites (tertiary alicyclic amines) is 1. The minimum Gasteiger partial charge on any atom is -0.341 e. The molecule has 2 fully saturated rings. The first-order valence-corrected chi connectivity index (χ1v) is 7.71. The second-order valence-electron chi connectivity index (χ2n) is 6.28. The second-order valence-corrected chi connectivity index (χ2v) is 6.28. The third kappa shape index (κ3) is 3.05. The Labute approximate surface area is 111 Å². The van der Waals surface area contributed by atoms with Crippen LogP contribution in [0.15, 0.2) is 0 Å². The molecule has 18 heavy (non-hydrogen) atoms. The van der Waals surface area contributed by atoms with E-state index in [9.17, 15) is 4.79 Å². The van der Waals surface area contributed by atoms with Crippen molar-refractivity contribution in [2.75, 3.05) is 13.1 Å². The SMILES string of the molecule is CCC[C@H](N)C(=O)N1CCC2(CCCCC2)CC1. The lowest BCUT2D eigenvalue weighted by atomic mass is 9.68. The van der Waals surface area contributed by atoms with E-state index >= 15 is 0 Å². The predicted molar refractivity (Wildman–Crippen MR) is 74.2 cm³/mol. The lowest BCUT2D eigenvalue weighted by Crippen LogP contribution is -2.49. The standard InChI is InChI=1S/C15H28N2O/c1-2-6-13(16)14(18)17-11-9-15(10-12-17)7-4-3-5-8-15/h13H,2-12,16H2,1H3/t13-/m0/s1. The van der Waals surface area contributed by atoms with Crippen LogP contribution < -0.4 is 5.73 Å². The highest BCUT2D eigenvalue weighted by Crippen LogP contribution is 2.44. The summed E-state index contributed by atoms with van der Waals surface area (Å²) in [6, 6.07) is -0.268. The molecule has 3 nitrogen and oxygen atoms in total. The predicted octanol–water partition coefficient (Wildman–Crippen LogP) is 2.69. The van der Waals surface area contributed by atoms with Gasteiger partial charge < -0.3 is 10.6 Å². The number of carbonyl (C=O) groups is 1. The quantitative estimate of drug-likeness (QED) is 0.839. The fraction of sp³-hybridized carbons (Fsp3) is 0.933. The van der Waals surface area contributed by atoms with Crippen molar-refractivity contribution < 1.29 is 4.79 Å². The number of carbonyl (C=O) groups excluding carboxylic acids is 1. The van der Waals surface area contributed by atoms with E-state index in [-0.39, 0.29) is 11.9 Å². The Morgan fingerprint density at radius 2 is 1.78 bits per heavy atom. The molecule has 3 heteroatoms. The Kier molecular flexibility index (Phi) is 4.66. The molecular formula is C15H28N2O. The highest BCUT2D eigenvalue weighted by molar-refractivity contribution is 5.81. The topological polar surface area (TPSA) is 46.3 Å². The zero-order valence-corrected chi connectivity index (χ0v) is 11.8. The van der Waals surface area contributed by atoms with Crippen molar-refractivity contribution in [2.24, 2.45) is 11.1 Å². The highest BCUT2D eigenvalue weighted by atomic mass is 16.2. The van der Waals surface area contributed by atoms with Crippen molar-refractivity contribution in [3.8, 4) is 0 Å². The monoisotopic (exact) mass is 252 g/mol. The zero-order chi connectivity index (χ0) is 13.0. The minimum absolute atomic E-state index is 0.183. The van der Waals surface area contributed by atoms with Gasteiger partial charge in [-0.1, -0.05) is 32.6 Å². The number of hydrogen-bond acceptors (Lipinski definition) is 2. The summed E-state index contributed by atoms with van der Waals surface area (Å²) in [6.07, 6.45) is 11.2. The number of amides is 1. The third-order valence-corrected chi connectivity index (χ3v) is 4.97. The van der Waals surface area contributed by atoms with E-state index in [2.05, 4.69) is 6.92 Å². The molecule has 1 spiro atoms. The highest BCUT2D eigenvalue weighted by Gasteiger charge is 2.37. The van der Waals surface area contributed by atoms with Gasteiger partial charge in [0.2, 0.25) is 5.91 Å². The van der Waals surface area contributed by atoms with Crippen LogP contribution in [0.3, 0.4) is 0 Å². The molecule has 0 aromatic heterocycles. The summed E-state index contributed by atoms with van der Waals surface area (Å²) >= 11 is 0. The van der Waals surface area contributed by atoms with Gasteiger partial charge in [-0.05, 0) is 37.5 Å². The molecular weight excluding hydrogens is 224 g/mol. The maximum Gasteiger partial charge on any atom is 0.239 e. The van der Waals surface area contributed by atoms with Crippen molar-refractivity contribution in [1.29, 1.82) is 0 Å². The molecule has 0 aromatic rings. The van der Waals surface area contributed by atoms with Crippen molar-refractivity contribution in [1.82, 2.24) is 4.90 Å². The molecule has 1 atom stereocenters. The maximum absolute atomic E-state index is 12.2. The summed E-state index contributed by atoms with van der Waals surface area (Å²) in [5.74, 6) is 0.183. The molecule has 1 amide bonds. The number of nitrogens with zero attached hydrogens (tertiary/aromatic N) is 1. The van der Waals surface area contributed by atoms with Crippen LogP contribution in [0, 0.1) is 5.41 Å². The molecule has 0 aromatic carbocycles. The first-order chi connectivity index (χ1) is 8.67. The Bertz CT molecular complexity index is 274. The molecule has 1 saturated carbocycles. The molecule has 1 saturated heterocycles. The fourth-order valence-corrected chi connectivity index (χ4v) is 3.67. The van der Waals surface area contributed by atoms with Gasteiger partial charge in [-0.15, -0.1) is 0 Å². The Balaban J connectivity index is 1.84. The minimum atomic E-state index is -0.268. The maximum atomic E-state index is 12.2. The summed E-state index contributed by atoms with van der Waals surface area (Å²) in [7, 11) is 0. The van der Waals surface area contributed by atoms with Crippen LogP contribution in [-0.2, 0) is 4.79 Å². The van der Waals surface area contributed by atoms with Gasteiger partial charge in [0.25, 0.3) is 0 Å². The van der Waals surface area contributed by atoms with Gasteiger partial charge in [-0.2, -0.15) is 0 Å². The summed E-state index contributed by atoms with van der Waals surface area (Å²) in [5, 5.41) is 0. The van der Waals surface area contributed by atoms with Gasteiger partial charge in [-0.3, -0.25) is 4.79 Å². The number of rotatable bonds is 3. The molecule has 1 heterocycles. The lowest BCUT2D eigenvalue weighted by Gasteiger charge is -2.44. The summed E-state index contributed by atoms with van der Waals surface area (Å²) in [5.41, 5.74) is 6.51. The normalized spacial score (nSPS) is 25.1. The second kappa shape index (κ2) is 6.05. The molecule has 104 valence electrons. The Morgan fingerprint density at radius 3 is 2.33 bits per heavy atom. The molecule has 0 radical (unpaired) electrons. The number of piperidine rings is 1. The fourth-order valence-electron chi connectivity index (χ4n) is 3.67. The van der Waals surface area contributed by atoms with Crippen LogP contribution in [0.2, 0.25) is 0 Å². The Hall–Kier alpha value is -0.570. The first kappa shape index (κ1) is 13.9. The van der Waals surface area contributed by atoms with Crippen LogP contribution in [0.1, 0.15) is 64.7 Å². The first-order valence-electron chi connectivity index (χ1n) is 7.71. The molecule has 2 aliphatic rings. The molecule has 0 bridgehead atoms. The van der Waals surface area contributed by atoms with Crippen molar-refractivity contribution >= 4 is 5.91 Å². The average molecular weight is 252 g/mol. The van der Waals surface area contributed by atoms with E-state index in [4.69, 9.17) is 5.73 Å².